The fourth-order valence-electron chi connectivity index (χ4n) is 2.02. The van der Waals surface area contributed by atoms with Crippen molar-refractivity contribution in [2.45, 2.75) is 32.7 Å². The standard InChI is InChI=1S/C11H17N3O3/c1-3-16-11(15)9-13-10(17-14-9)8-7(2)5-4-6-12-8/h7-8,12H,3-6H2,1-2H3. The van der Waals surface area contributed by atoms with Gasteiger partial charge >= 0.3 is 5.97 Å². The summed E-state index contributed by atoms with van der Waals surface area (Å²) in [6, 6.07) is 0.0411. The van der Waals surface area contributed by atoms with Crippen LogP contribution in [0.4, 0.5) is 0 Å². The number of nitrogens with zero attached hydrogens (tertiary/aromatic N) is 2. The summed E-state index contributed by atoms with van der Waals surface area (Å²) >= 11 is 0. The maximum atomic E-state index is 11.4. The normalized spacial score (nSPS) is 24.6. The minimum absolute atomic E-state index is 0.00132. The maximum absolute atomic E-state index is 11.4. The monoisotopic (exact) mass is 239 g/mol. The molecule has 0 aliphatic carbocycles. The molecule has 6 nitrogen and oxygen atoms in total. The molecule has 2 heterocycles. The molecular formula is C11H17N3O3. The zero-order valence-electron chi connectivity index (χ0n) is 10.1. The van der Waals surface area contributed by atoms with Crippen LogP contribution < -0.4 is 5.32 Å². The van der Waals surface area contributed by atoms with Gasteiger partial charge in [0.1, 0.15) is 0 Å². The summed E-state index contributed by atoms with van der Waals surface area (Å²) in [7, 11) is 0. The minimum Gasteiger partial charge on any atom is -0.460 e. The van der Waals surface area contributed by atoms with Crippen molar-refractivity contribution in [2.24, 2.45) is 5.92 Å². The van der Waals surface area contributed by atoms with Gasteiger partial charge in [0.25, 0.3) is 5.82 Å². The molecule has 0 spiro atoms. The van der Waals surface area contributed by atoms with Crippen LogP contribution in [0.3, 0.4) is 0 Å². The van der Waals surface area contributed by atoms with E-state index in [0.29, 0.717) is 18.4 Å². The molecule has 2 unspecified atom stereocenters. The highest BCUT2D eigenvalue weighted by Crippen LogP contribution is 2.27. The smallest absolute Gasteiger partial charge is 0.379 e. The van der Waals surface area contributed by atoms with Gasteiger partial charge in [0.15, 0.2) is 0 Å². The summed E-state index contributed by atoms with van der Waals surface area (Å²) in [4.78, 5) is 15.5. The lowest BCUT2D eigenvalue weighted by atomic mass is 9.93. The van der Waals surface area contributed by atoms with Crippen molar-refractivity contribution >= 4 is 5.97 Å². The Balaban J connectivity index is 2.09. The summed E-state index contributed by atoms with van der Waals surface area (Å²) in [6.07, 6.45) is 2.27. The van der Waals surface area contributed by atoms with E-state index in [-0.39, 0.29) is 11.9 Å². The van der Waals surface area contributed by atoms with Gasteiger partial charge in [-0.1, -0.05) is 6.92 Å². The molecule has 0 radical (unpaired) electrons. The Hall–Kier alpha value is -1.43. The quantitative estimate of drug-likeness (QED) is 0.801. The van der Waals surface area contributed by atoms with Crippen LogP contribution in [0, 0.1) is 5.92 Å². The average molecular weight is 239 g/mol. The fraction of sp³-hybridized carbons (Fsp3) is 0.727. The van der Waals surface area contributed by atoms with E-state index in [9.17, 15) is 4.79 Å². The zero-order chi connectivity index (χ0) is 12.3. The predicted octanol–water partition coefficient (Wildman–Crippen LogP) is 1.31. The van der Waals surface area contributed by atoms with Crippen LogP contribution in [-0.2, 0) is 4.74 Å². The molecule has 2 atom stereocenters. The third-order valence-corrected chi connectivity index (χ3v) is 2.94. The van der Waals surface area contributed by atoms with Gasteiger partial charge in [-0.3, -0.25) is 0 Å². The molecule has 94 valence electrons. The van der Waals surface area contributed by atoms with Crippen LogP contribution in [0.15, 0.2) is 4.52 Å². The van der Waals surface area contributed by atoms with Gasteiger partial charge in [-0.15, -0.1) is 0 Å². The van der Waals surface area contributed by atoms with E-state index in [2.05, 4.69) is 22.4 Å². The highest BCUT2D eigenvalue weighted by molar-refractivity contribution is 5.84. The topological polar surface area (TPSA) is 77.2 Å². The molecule has 1 aliphatic rings. The number of ether oxygens (including phenoxy) is 1. The van der Waals surface area contributed by atoms with Gasteiger partial charge in [0.2, 0.25) is 5.89 Å². The summed E-state index contributed by atoms with van der Waals surface area (Å²) in [6.45, 7) is 5.11. The van der Waals surface area contributed by atoms with E-state index in [1.807, 2.05) is 0 Å². The number of nitrogens with one attached hydrogen (secondary N) is 1. The third kappa shape index (κ3) is 2.63. The first-order chi connectivity index (χ1) is 8.22. The lowest BCUT2D eigenvalue weighted by Gasteiger charge is -2.26. The molecule has 1 N–H and O–H groups in total. The van der Waals surface area contributed by atoms with E-state index in [1.165, 1.54) is 0 Å². The maximum Gasteiger partial charge on any atom is 0.379 e. The van der Waals surface area contributed by atoms with Crippen molar-refractivity contribution in [1.82, 2.24) is 15.5 Å². The van der Waals surface area contributed by atoms with Gasteiger partial charge in [-0.2, -0.15) is 4.98 Å². The Morgan fingerprint density at radius 1 is 1.65 bits per heavy atom. The molecule has 6 heteroatoms. The van der Waals surface area contributed by atoms with Crippen LogP contribution in [0.2, 0.25) is 0 Å². The molecule has 1 aromatic rings. The van der Waals surface area contributed by atoms with Crippen LogP contribution in [0.1, 0.15) is 49.2 Å². The first-order valence-electron chi connectivity index (χ1n) is 5.96. The molecule has 0 aromatic carbocycles. The number of hydrogen-bond donors (Lipinski definition) is 1. The SMILES string of the molecule is CCOC(=O)c1noc(C2NCCCC2C)n1. The van der Waals surface area contributed by atoms with Gasteiger partial charge in [0.05, 0.1) is 12.6 Å². The Kier molecular flexibility index (Phi) is 3.73. The van der Waals surface area contributed by atoms with Crippen molar-refractivity contribution in [3.8, 4) is 0 Å². The molecule has 1 saturated heterocycles. The number of carbonyl (C=O) groups is 1. The number of piperidine rings is 1. The zero-order valence-corrected chi connectivity index (χ0v) is 10.1. The second-order valence-electron chi connectivity index (χ2n) is 4.23. The van der Waals surface area contributed by atoms with Crippen molar-refractivity contribution in [1.29, 1.82) is 0 Å². The van der Waals surface area contributed by atoms with Gasteiger partial charge in [-0.05, 0) is 37.4 Å². The number of carbonyl (C=O) groups excluding carboxylic acids is 1. The molecular weight excluding hydrogens is 222 g/mol. The fourth-order valence-corrected chi connectivity index (χ4v) is 2.02. The number of rotatable bonds is 3. The highest BCUT2D eigenvalue weighted by Gasteiger charge is 2.28. The molecule has 1 aliphatic heterocycles. The Labute approximate surface area is 99.7 Å². The molecule has 0 bridgehead atoms. The van der Waals surface area contributed by atoms with Crippen LogP contribution in [0.25, 0.3) is 0 Å². The molecule has 17 heavy (non-hydrogen) atoms. The van der Waals surface area contributed by atoms with Crippen molar-refractivity contribution in [2.75, 3.05) is 13.2 Å². The first-order valence-corrected chi connectivity index (χ1v) is 5.96. The summed E-state index contributed by atoms with van der Waals surface area (Å²) < 4.78 is 9.93. The summed E-state index contributed by atoms with van der Waals surface area (Å²) in [5.74, 6) is 0.367. The first kappa shape index (κ1) is 12.0. The van der Waals surface area contributed by atoms with Crippen LogP contribution in [0.5, 0.6) is 0 Å². The molecule has 1 aromatic heterocycles. The predicted molar refractivity (Wildman–Crippen MR) is 59.4 cm³/mol. The highest BCUT2D eigenvalue weighted by atomic mass is 16.5. The summed E-state index contributed by atoms with van der Waals surface area (Å²) in [5, 5.41) is 6.96. The van der Waals surface area contributed by atoms with E-state index in [4.69, 9.17) is 9.26 Å². The van der Waals surface area contributed by atoms with Crippen LogP contribution in [-0.4, -0.2) is 29.3 Å². The number of esters is 1. The van der Waals surface area contributed by atoms with Gasteiger partial charge < -0.3 is 14.6 Å². The van der Waals surface area contributed by atoms with Crippen molar-refractivity contribution in [3.05, 3.63) is 11.7 Å². The number of aromatic nitrogens is 2. The van der Waals surface area contributed by atoms with E-state index < -0.39 is 5.97 Å². The van der Waals surface area contributed by atoms with Gasteiger partial charge in [-0.25, -0.2) is 4.79 Å². The minimum atomic E-state index is -0.536. The molecule has 0 amide bonds. The molecule has 0 saturated carbocycles. The van der Waals surface area contributed by atoms with Crippen molar-refractivity contribution < 1.29 is 14.1 Å². The second kappa shape index (κ2) is 5.27. The van der Waals surface area contributed by atoms with E-state index in [1.54, 1.807) is 6.92 Å². The van der Waals surface area contributed by atoms with Crippen LogP contribution >= 0.6 is 0 Å². The third-order valence-electron chi connectivity index (χ3n) is 2.94. The Morgan fingerprint density at radius 2 is 2.47 bits per heavy atom. The van der Waals surface area contributed by atoms with Gasteiger partial charge in [0, 0.05) is 0 Å². The van der Waals surface area contributed by atoms with E-state index in [0.717, 1.165) is 19.4 Å². The summed E-state index contributed by atoms with van der Waals surface area (Å²) in [5.41, 5.74) is 0. The largest absolute Gasteiger partial charge is 0.460 e. The number of hydrogen-bond acceptors (Lipinski definition) is 6. The average Bonchev–Trinajstić information content (AvgIpc) is 2.79. The molecule has 2 rings (SSSR count). The van der Waals surface area contributed by atoms with E-state index >= 15 is 0 Å². The second-order valence-corrected chi connectivity index (χ2v) is 4.23. The Morgan fingerprint density at radius 3 is 3.18 bits per heavy atom. The molecule has 1 fully saturated rings. The van der Waals surface area contributed by atoms with Crippen molar-refractivity contribution in [3.63, 3.8) is 0 Å². The lowest BCUT2D eigenvalue weighted by molar-refractivity contribution is 0.0508. The Bertz CT molecular complexity index is 391. The lowest BCUT2D eigenvalue weighted by Crippen LogP contribution is -2.33.